The number of carbonyl (C=O) groups excluding carboxylic acids is 1. The molecule has 0 saturated carbocycles. The summed E-state index contributed by atoms with van der Waals surface area (Å²) >= 11 is 1.33. The van der Waals surface area contributed by atoms with Crippen molar-refractivity contribution in [2.75, 3.05) is 32.0 Å². The zero-order chi connectivity index (χ0) is 16.9. The molecule has 1 amide bonds. The van der Waals surface area contributed by atoms with Crippen molar-refractivity contribution in [1.82, 2.24) is 14.6 Å². The van der Waals surface area contributed by atoms with Gasteiger partial charge in [-0.1, -0.05) is 24.3 Å². The average Bonchev–Trinajstić information content (AvgIpc) is 2.99. The van der Waals surface area contributed by atoms with Crippen LogP contribution in [0.3, 0.4) is 0 Å². The van der Waals surface area contributed by atoms with Gasteiger partial charge in [0.15, 0.2) is 0 Å². The third-order valence-corrected chi connectivity index (χ3v) is 5.42. The predicted octanol–water partition coefficient (Wildman–Crippen LogP) is 2.67. The van der Waals surface area contributed by atoms with E-state index in [1.54, 1.807) is 0 Å². The molecule has 0 aliphatic carbocycles. The molecule has 0 saturated heterocycles. The molecule has 1 aliphatic rings. The lowest BCUT2D eigenvalue weighted by Crippen LogP contribution is -2.33. The first-order valence-electron chi connectivity index (χ1n) is 8.40. The highest BCUT2D eigenvalue weighted by molar-refractivity contribution is 7.10. The van der Waals surface area contributed by atoms with Crippen molar-refractivity contribution < 1.29 is 4.79 Å². The maximum Gasteiger partial charge on any atom is 0.256 e. The number of hydrogen-bond acceptors (Lipinski definition) is 5. The quantitative estimate of drug-likeness (QED) is 0.791. The van der Waals surface area contributed by atoms with Crippen molar-refractivity contribution >= 4 is 22.4 Å². The lowest BCUT2D eigenvalue weighted by atomic mass is 10.00. The highest BCUT2D eigenvalue weighted by atomic mass is 32.1. The van der Waals surface area contributed by atoms with Crippen LogP contribution in [0.2, 0.25) is 0 Å². The molecule has 3 rings (SSSR count). The van der Waals surface area contributed by atoms with Gasteiger partial charge in [0.05, 0.1) is 11.3 Å². The fourth-order valence-corrected chi connectivity index (χ4v) is 3.89. The van der Waals surface area contributed by atoms with Gasteiger partial charge < -0.3 is 10.6 Å². The molecule has 24 heavy (non-hydrogen) atoms. The predicted molar refractivity (Wildman–Crippen MR) is 98.8 cm³/mol. The number of aromatic nitrogens is 1. The van der Waals surface area contributed by atoms with Crippen molar-refractivity contribution in [3.63, 3.8) is 0 Å². The smallest absolute Gasteiger partial charge is 0.256 e. The van der Waals surface area contributed by atoms with Gasteiger partial charge in [0.1, 0.15) is 5.00 Å². The summed E-state index contributed by atoms with van der Waals surface area (Å²) in [5, 5.41) is 6.89. The molecule has 0 atom stereocenters. The minimum absolute atomic E-state index is 0.0328. The molecule has 2 heterocycles. The van der Waals surface area contributed by atoms with Crippen molar-refractivity contribution in [1.29, 1.82) is 0 Å². The summed E-state index contributed by atoms with van der Waals surface area (Å²) in [6.45, 7) is 5.69. The minimum Gasteiger partial charge on any atom is -0.378 e. The fourth-order valence-electron chi connectivity index (χ4n) is 3.15. The van der Waals surface area contributed by atoms with Crippen molar-refractivity contribution in [2.24, 2.45) is 0 Å². The Kier molecular flexibility index (Phi) is 5.48. The Morgan fingerprint density at radius 1 is 1.33 bits per heavy atom. The van der Waals surface area contributed by atoms with Crippen LogP contribution in [0.15, 0.2) is 24.3 Å². The molecule has 2 N–H and O–H groups in total. The van der Waals surface area contributed by atoms with Crippen LogP contribution in [0.25, 0.3) is 0 Å². The molecule has 1 aromatic carbocycles. The molecular formula is C18H24N4OS. The number of anilines is 1. The summed E-state index contributed by atoms with van der Waals surface area (Å²) in [7, 11) is 1.82. The maximum atomic E-state index is 12.3. The van der Waals surface area contributed by atoms with Gasteiger partial charge in [0.25, 0.3) is 5.91 Å². The van der Waals surface area contributed by atoms with Crippen LogP contribution >= 0.6 is 11.5 Å². The molecule has 5 nitrogen and oxygen atoms in total. The lowest BCUT2D eigenvalue weighted by molar-refractivity contribution is 0.0951. The largest absolute Gasteiger partial charge is 0.378 e. The van der Waals surface area contributed by atoms with Gasteiger partial charge >= 0.3 is 0 Å². The summed E-state index contributed by atoms with van der Waals surface area (Å²) in [6, 6.07) is 8.67. The summed E-state index contributed by atoms with van der Waals surface area (Å²) < 4.78 is 4.24. The normalized spacial score (nSPS) is 14.2. The van der Waals surface area contributed by atoms with Crippen LogP contribution < -0.4 is 10.6 Å². The lowest BCUT2D eigenvalue weighted by Gasteiger charge is -2.28. The number of amides is 1. The van der Waals surface area contributed by atoms with Crippen LogP contribution in [0.5, 0.6) is 0 Å². The molecule has 1 aromatic heterocycles. The van der Waals surface area contributed by atoms with E-state index in [4.69, 9.17) is 0 Å². The molecule has 0 unspecified atom stereocenters. The van der Waals surface area contributed by atoms with Gasteiger partial charge in [-0.15, -0.1) is 0 Å². The van der Waals surface area contributed by atoms with Crippen LogP contribution in [0.4, 0.5) is 5.00 Å². The van der Waals surface area contributed by atoms with Gasteiger partial charge in [-0.2, -0.15) is 4.37 Å². The first-order chi connectivity index (χ1) is 11.7. The number of aryl methyl sites for hydroxylation is 1. The third kappa shape index (κ3) is 3.76. The summed E-state index contributed by atoms with van der Waals surface area (Å²) in [6.07, 6.45) is 2.08. The minimum atomic E-state index is -0.0328. The molecule has 1 aliphatic heterocycles. The van der Waals surface area contributed by atoms with Crippen molar-refractivity contribution in [3.8, 4) is 0 Å². The zero-order valence-corrected chi connectivity index (χ0v) is 15.1. The van der Waals surface area contributed by atoms with E-state index in [9.17, 15) is 4.79 Å². The maximum absolute atomic E-state index is 12.3. The molecule has 0 bridgehead atoms. The van der Waals surface area contributed by atoms with Gasteiger partial charge in [0, 0.05) is 33.2 Å². The SMILES string of the molecule is CNc1snc(C)c1C(=O)NCCCN1CCc2ccccc2C1. The molecule has 6 heteroatoms. The third-order valence-electron chi connectivity index (χ3n) is 4.46. The Morgan fingerprint density at radius 3 is 2.92 bits per heavy atom. The second kappa shape index (κ2) is 7.77. The van der Waals surface area contributed by atoms with Gasteiger partial charge in [-0.3, -0.25) is 9.69 Å². The number of fused-ring (bicyclic) bond motifs is 1. The number of nitrogens with one attached hydrogen (secondary N) is 2. The van der Waals surface area contributed by atoms with Crippen LogP contribution in [-0.4, -0.2) is 41.9 Å². The Balaban J connectivity index is 1.44. The van der Waals surface area contributed by atoms with Gasteiger partial charge in [-0.05, 0) is 42.4 Å². The summed E-state index contributed by atoms with van der Waals surface area (Å²) in [4.78, 5) is 14.8. The number of carbonyl (C=O) groups is 1. The molecular weight excluding hydrogens is 320 g/mol. The first-order valence-corrected chi connectivity index (χ1v) is 9.17. The van der Waals surface area contributed by atoms with E-state index in [0.29, 0.717) is 12.1 Å². The number of hydrogen-bond donors (Lipinski definition) is 2. The van der Waals surface area contributed by atoms with Gasteiger partial charge in [-0.25, -0.2) is 0 Å². The topological polar surface area (TPSA) is 57.3 Å². The molecule has 0 fully saturated rings. The summed E-state index contributed by atoms with van der Waals surface area (Å²) in [5.74, 6) is -0.0328. The molecule has 2 aromatic rings. The Bertz CT molecular complexity index is 713. The highest BCUT2D eigenvalue weighted by Gasteiger charge is 2.18. The van der Waals surface area contributed by atoms with Crippen LogP contribution in [0, 0.1) is 6.92 Å². The zero-order valence-electron chi connectivity index (χ0n) is 14.3. The first kappa shape index (κ1) is 16.9. The standard InChI is InChI=1S/C18H24N4OS/c1-13-16(18(19-2)24-21-13)17(23)20-9-5-10-22-11-8-14-6-3-4-7-15(14)12-22/h3-4,6-7,19H,5,8-12H2,1-2H3,(H,20,23). The van der Waals surface area contributed by atoms with Crippen molar-refractivity contribution in [2.45, 2.75) is 26.3 Å². The van der Waals surface area contributed by atoms with E-state index < -0.39 is 0 Å². The number of nitrogens with zero attached hydrogens (tertiary/aromatic N) is 2. The Labute approximate surface area is 147 Å². The van der Waals surface area contributed by atoms with E-state index in [0.717, 1.165) is 43.2 Å². The van der Waals surface area contributed by atoms with E-state index in [-0.39, 0.29) is 5.91 Å². The van der Waals surface area contributed by atoms with Crippen LogP contribution in [0.1, 0.15) is 33.6 Å². The van der Waals surface area contributed by atoms with Crippen molar-refractivity contribution in [3.05, 3.63) is 46.6 Å². The Hall–Kier alpha value is -1.92. The van der Waals surface area contributed by atoms with Gasteiger partial charge in [0.2, 0.25) is 0 Å². The average molecular weight is 344 g/mol. The highest BCUT2D eigenvalue weighted by Crippen LogP contribution is 2.23. The molecule has 128 valence electrons. The van der Waals surface area contributed by atoms with E-state index in [1.807, 2.05) is 14.0 Å². The molecule has 0 spiro atoms. The Morgan fingerprint density at radius 2 is 2.12 bits per heavy atom. The number of rotatable bonds is 6. The monoisotopic (exact) mass is 344 g/mol. The molecule has 0 radical (unpaired) electrons. The fraction of sp³-hybridized carbons (Fsp3) is 0.444. The van der Waals surface area contributed by atoms with E-state index >= 15 is 0 Å². The number of benzene rings is 1. The second-order valence-electron chi connectivity index (χ2n) is 6.13. The second-order valence-corrected chi connectivity index (χ2v) is 6.90. The van der Waals surface area contributed by atoms with Crippen LogP contribution in [-0.2, 0) is 13.0 Å². The van der Waals surface area contributed by atoms with E-state index in [1.165, 1.54) is 22.7 Å². The van der Waals surface area contributed by atoms with E-state index in [2.05, 4.69) is 44.2 Å². The summed E-state index contributed by atoms with van der Waals surface area (Å²) in [5.41, 5.74) is 4.37.